The lowest BCUT2D eigenvalue weighted by Gasteiger charge is -2.00. The van der Waals surface area contributed by atoms with Gasteiger partial charge >= 0.3 is 5.97 Å². The van der Waals surface area contributed by atoms with Crippen LogP contribution in [0.25, 0.3) is 22.6 Å². The van der Waals surface area contributed by atoms with Crippen molar-refractivity contribution in [1.82, 2.24) is 4.57 Å². The molecule has 0 aliphatic carbocycles. The number of carbonyl (C=O) groups is 1. The van der Waals surface area contributed by atoms with Crippen molar-refractivity contribution in [1.29, 1.82) is 5.26 Å². The fourth-order valence-corrected chi connectivity index (χ4v) is 2.81. The van der Waals surface area contributed by atoms with Gasteiger partial charge in [0.2, 0.25) is 0 Å². The van der Waals surface area contributed by atoms with E-state index in [-0.39, 0.29) is 6.54 Å². The van der Waals surface area contributed by atoms with Crippen molar-refractivity contribution in [3.63, 3.8) is 0 Å². The SMILES string of the molecule is Cc1cccc(C(C#N)=Cc2cn(CC(=O)O)c3ccccc23)c1. The molecule has 3 aromatic rings. The Labute approximate surface area is 139 Å². The zero-order chi connectivity index (χ0) is 17.1. The molecule has 0 fully saturated rings. The van der Waals surface area contributed by atoms with Crippen molar-refractivity contribution in [3.8, 4) is 6.07 Å². The summed E-state index contributed by atoms with van der Waals surface area (Å²) >= 11 is 0. The van der Waals surface area contributed by atoms with Crippen LogP contribution in [0.3, 0.4) is 0 Å². The summed E-state index contributed by atoms with van der Waals surface area (Å²) in [5, 5.41) is 19.6. The predicted molar refractivity (Wildman–Crippen MR) is 94.2 cm³/mol. The number of carboxylic acids is 1. The van der Waals surface area contributed by atoms with E-state index in [0.29, 0.717) is 5.57 Å². The summed E-state index contributed by atoms with van der Waals surface area (Å²) in [4.78, 5) is 11.1. The highest BCUT2D eigenvalue weighted by molar-refractivity contribution is 5.98. The highest BCUT2D eigenvalue weighted by atomic mass is 16.4. The Kier molecular flexibility index (Phi) is 4.17. The number of aromatic nitrogens is 1. The van der Waals surface area contributed by atoms with Crippen LogP contribution in [0.4, 0.5) is 0 Å². The Morgan fingerprint density at radius 1 is 1.25 bits per heavy atom. The summed E-state index contributed by atoms with van der Waals surface area (Å²) in [6.45, 7) is 1.87. The van der Waals surface area contributed by atoms with E-state index in [4.69, 9.17) is 5.11 Å². The second-order valence-corrected chi connectivity index (χ2v) is 5.66. The maximum absolute atomic E-state index is 11.1. The average Bonchev–Trinajstić information content (AvgIpc) is 2.90. The third kappa shape index (κ3) is 3.06. The summed E-state index contributed by atoms with van der Waals surface area (Å²) in [5.41, 5.74) is 4.17. The zero-order valence-corrected chi connectivity index (χ0v) is 13.2. The molecule has 0 saturated carbocycles. The number of fused-ring (bicyclic) bond motifs is 1. The van der Waals surface area contributed by atoms with Gasteiger partial charge in [0.05, 0.1) is 11.6 Å². The first-order valence-corrected chi connectivity index (χ1v) is 7.57. The zero-order valence-electron chi connectivity index (χ0n) is 13.2. The van der Waals surface area contributed by atoms with Gasteiger partial charge in [-0.05, 0) is 24.6 Å². The van der Waals surface area contributed by atoms with Crippen LogP contribution < -0.4 is 0 Å². The number of para-hydroxylation sites is 1. The van der Waals surface area contributed by atoms with Gasteiger partial charge in [-0.1, -0.05) is 48.0 Å². The van der Waals surface area contributed by atoms with Gasteiger partial charge in [0.15, 0.2) is 0 Å². The molecule has 1 N–H and O–H groups in total. The third-order valence-corrected chi connectivity index (χ3v) is 3.87. The molecule has 4 heteroatoms. The maximum atomic E-state index is 11.1. The molecule has 0 radical (unpaired) electrons. The number of hydrogen-bond acceptors (Lipinski definition) is 2. The summed E-state index contributed by atoms with van der Waals surface area (Å²) < 4.78 is 1.69. The van der Waals surface area contributed by atoms with Crippen LogP contribution >= 0.6 is 0 Å². The quantitative estimate of drug-likeness (QED) is 0.737. The predicted octanol–water partition coefficient (Wildman–Crippen LogP) is 4.10. The Bertz CT molecular complexity index is 990. The molecule has 24 heavy (non-hydrogen) atoms. The Morgan fingerprint density at radius 3 is 2.75 bits per heavy atom. The molecule has 1 heterocycles. The van der Waals surface area contributed by atoms with Crippen LogP contribution in [0.5, 0.6) is 0 Å². The summed E-state index contributed by atoms with van der Waals surface area (Å²) in [6, 6.07) is 17.6. The number of benzene rings is 2. The number of nitrogens with zero attached hydrogens (tertiary/aromatic N) is 2. The van der Waals surface area contributed by atoms with Crippen molar-refractivity contribution in [2.24, 2.45) is 0 Å². The minimum absolute atomic E-state index is 0.110. The van der Waals surface area contributed by atoms with Crippen molar-refractivity contribution >= 4 is 28.5 Å². The molecule has 0 atom stereocenters. The molecular weight excluding hydrogens is 300 g/mol. The van der Waals surface area contributed by atoms with Gasteiger partial charge in [0.25, 0.3) is 0 Å². The van der Waals surface area contributed by atoms with Crippen LogP contribution in [0, 0.1) is 18.3 Å². The third-order valence-electron chi connectivity index (χ3n) is 3.87. The van der Waals surface area contributed by atoms with E-state index in [9.17, 15) is 10.1 Å². The maximum Gasteiger partial charge on any atom is 0.323 e. The van der Waals surface area contributed by atoms with Crippen molar-refractivity contribution in [2.75, 3.05) is 0 Å². The fraction of sp³-hybridized carbons (Fsp3) is 0.100. The second kappa shape index (κ2) is 6.43. The largest absolute Gasteiger partial charge is 0.480 e. The van der Waals surface area contributed by atoms with E-state index < -0.39 is 5.97 Å². The van der Waals surface area contributed by atoms with Gasteiger partial charge in [-0.15, -0.1) is 0 Å². The lowest BCUT2D eigenvalue weighted by atomic mass is 10.0. The van der Waals surface area contributed by atoms with Gasteiger partial charge in [-0.2, -0.15) is 5.26 Å². The normalized spacial score (nSPS) is 11.4. The number of hydrogen-bond donors (Lipinski definition) is 1. The number of aryl methyl sites for hydroxylation is 1. The van der Waals surface area contributed by atoms with E-state index in [1.807, 2.05) is 61.5 Å². The molecule has 0 saturated heterocycles. The molecule has 0 aliphatic heterocycles. The van der Waals surface area contributed by atoms with Gasteiger partial charge in [0, 0.05) is 22.7 Å². The van der Waals surface area contributed by atoms with Crippen LogP contribution in [-0.4, -0.2) is 15.6 Å². The number of aliphatic carboxylic acids is 1. The monoisotopic (exact) mass is 316 g/mol. The molecule has 0 spiro atoms. The van der Waals surface area contributed by atoms with Crippen molar-refractivity contribution in [3.05, 3.63) is 71.4 Å². The lowest BCUT2D eigenvalue weighted by molar-refractivity contribution is -0.137. The fourth-order valence-electron chi connectivity index (χ4n) is 2.81. The van der Waals surface area contributed by atoms with Gasteiger partial charge in [-0.3, -0.25) is 4.79 Å². The minimum atomic E-state index is -0.898. The van der Waals surface area contributed by atoms with E-state index in [2.05, 4.69) is 6.07 Å². The van der Waals surface area contributed by atoms with E-state index in [1.165, 1.54) is 0 Å². The van der Waals surface area contributed by atoms with Gasteiger partial charge in [-0.25, -0.2) is 0 Å². The molecule has 118 valence electrons. The molecule has 2 aromatic carbocycles. The van der Waals surface area contributed by atoms with E-state index >= 15 is 0 Å². The lowest BCUT2D eigenvalue weighted by Crippen LogP contribution is -2.07. The van der Waals surface area contributed by atoms with Crippen molar-refractivity contribution < 1.29 is 9.90 Å². The Hall–Kier alpha value is -3.32. The highest BCUT2D eigenvalue weighted by Crippen LogP contribution is 2.26. The topological polar surface area (TPSA) is 66.0 Å². The first kappa shape index (κ1) is 15.6. The molecule has 0 bridgehead atoms. The second-order valence-electron chi connectivity index (χ2n) is 5.66. The number of allylic oxidation sites excluding steroid dienone is 1. The molecule has 3 rings (SSSR count). The smallest absolute Gasteiger partial charge is 0.323 e. The summed E-state index contributed by atoms with van der Waals surface area (Å²) in [6.07, 6.45) is 3.60. The Morgan fingerprint density at radius 2 is 2.04 bits per heavy atom. The number of rotatable bonds is 4. The van der Waals surface area contributed by atoms with E-state index in [1.54, 1.807) is 10.8 Å². The highest BCUT2D eigenvalue weighted by Gasteiger charge is 2.10. The van der Waals surface area contributed by atoms with Crippen molar-refractivity contribution in [2.45, 2.75) is 13.5 Å². The first-order valence-electron chi connectivity index (χ1n) is 7.57. The summed E-state index contributed by atoms with van der Waals surface area (Å²) in [5.74, 6) is -0.898. The van der Waals surface area contributed by atoms with Crippen LogP contribution in [0.2, 0.25) is 0 Å². The number of nitriles is 1. The molecule has 0 amide bonds. The minimum Gasteiger partial charge on any atom is -0.480 e. The van der Waals surface area contributed by atoms with Crippen LogP contribution in [-0.2, 0) is 11.3 Å². The molecule has 0 aliphatic rings. The molecule has 1 aromatic heterocycles. The first-order chi connectivity index (χ1) is 11.6. The Balaban J connectivity index is 2.15. The van der Waals surface area contributed by atoms with Crippen LogP contribution in [0.15, 0.2) is 54.7 Å². The molecule has 4 nitrogen and oxygen atoms in total. The van der Waals surface area contributed by atoms with Crippen LogP contribution in [0.1, 0.15) is 16.7 Å². The molecular formula is C20H16N2O2. The van der Waals surface area contributed by atoms with E-state index in [0.717, 1.165) is 27.6 Å². The van der Waals surface area contributed by atoms with Gasteiger partial charge < -0.3 is 9.67 Å². The van der Waals surface area contributed by atoms with Gasteiger partial charge in [0.1, 0.15) is 6.54 Å². The summed E-state index contributed by atoms with van der Waals surface area (Å²) in [7, 11) is 0. The number of carboxylic acid groups (broad SMARTS) is 1. The standard InChI is InChI=1S/C20H16N2O2/c1-14-5-4-6-15(9-14)16(11-21)10-17-12-22(13-20(23)24)19-8-3-2-7-18(17)19/h2-10,12H,13H2,1H3,(H,23,24). The molecule has 0 unspecified atom stereocenters. The average molecular weight is 316 g/mol.